The minimum absolute atomic E-state index is 0.0332. The molecule has 0 saturated carbocycles. The summed E-state index contributed by atoms with van der Waals surface area (Å²) in [5.41, 5.74) is 0.223. The number of aromatic hydroxyl groups is 2. The van der Waals surface area contributed by atoms with Crippen LogP contribution in [0.1, 0.15) is 19.4 Å². The maximum atomic E-state index is 12.6. The van der Waals surface area contributed by atoms with Crippen molar-refractivity contribution < 1.29 is 19.4 Å². The van der Waals surface area contributed by atoms with Crippen LogP contribution in [0.5, 0.6) is 17.2 Å². The van der Waals surface area contributed by atoms with E-state index in [1.165, 1.54) is 12.1 Å². The Kier molecular flexibility index (Phi) is 2.55. The number of hydrogen-bond donors (Lipinski definition) is 2. The van der Waals surface area contributed by atoms with Gasteiger partial charge in [-0.15, -0.1) is 0 Å². The second-order valence-electron chi connectivity index (χ2n) is 6.13. The lowest BCUT2D eigenvalue weighted by molar-refractivity contribution is 0.159. The van der Waals surface area contributed by atoms with Gasteiger partial charge < -0.3 is 19.4 Å². The molecule has 1 aliphatic rings. The molecule has 0 spiro atoms. The summed E-state index contributed by atoms with van der Waals surface area (Å²) in [5, 5.41) is 20.2. The van der Waals surface area contributed by atoms with Crippen LogP contribution in [0.15, 0.2) is 39.6 Å². The number of fused-ring (bicyclic) bond motifs is 4. The molecule has 0 bridgehead atoms. The SMILES string of the molecule is CC1(C)C=Cc2c(ccc3c(=O)c4ccc(O)c(O)c4oc23)O1. The van der Waals surface area contributed by atoms with E-state index in [0.717, 1.165) is 0 Å². The van der Waals surface area contributed by atoms with E-state index in [2.05, 4.69) is 0 Å². The molecule has 0 unspecified atom stereocenters. The lowest BCUT2D eigenvalue weighted by atomic mass is 10.00. The Morgan fingerprint density at radius 1 is 1.00 bits per heavy atom. The van der Waals surface area contributed by atoms with Crippen LogP contribution in [0.3, 0.4) is 0 Å². The highest BCUT2D eigenvalue weighted by atomic mass is 16.5. The first-order valence-corrected chi connectivity index (χ1v) is 7.20. The molecular weight excluding hydrogens is 296 g/mol. The number of phenols is 2. The Hall–Kier alpha value is -2.95. The molecule has 5 nitrogen and oxygen atoms in total. The second-order valence-corrected chi connectivity index (χ2v) is 6.13. The molecule has 2 aromatic carbocycles. The van der Waals surface area contributed by atoms with Gasteiger partial charge in [-0.1, -0.05) is 0 Å². The van der Waals surface area contributed by atoms with E-state index in [4.69, 9.17) is 9.15 Å². The highest BCUT2D eigenvalue weighted by Gasteiger charge is 2.25. The topological polar surface area (TPSA) is 79.9 Å². The Balaban J connectivity index is 2.16. The average Bonchev–Trinajstić information content (AvgIpc) is 2.50. The maximum Gasteiger partial charge on any atom is 0.201 e. The van der Waals surface area contributed by atoms with Crippen molar-refractivity contribution in [2.45, 2.75) is 19.4 Å². The predicted octanol–water partition coefficient (Wildman–Crippen LogP) is 3.54. The summed E-state index contributed by atoms with van der Waals surface area (Å²) in [7, 11) is 0. The normalized spacial score (nSPS) is 15.6. The fourth-order valence-corrected chi connectivity index (χ4v) is 2.81. The first kappa shape index (κ1) is 13.7. The van der Waals surface area contributed by atoms with E-state index in [1.807, 2.05) is 26.0 Å². The summed E-state index contributed by atoms with van der Waals surface area (Å²) in [4.78, 5) is 12.6. The van der Waals surface area contributed by atoms with E-state index >= 15 is 0 Å². The molecule has 23 heavy (non-hydrogen) atoms. The highest BCUT2D eigenvalue weighted by molar-refractivity contribution is 5.97. The second kappa shape index (κ2) is 4.29. The van der Waals surface area contributed by atoms with E-state index in [-0.39, 0.29) is 22.1 Å². The van der Waals surface area contributed by atoms with Crippen LogP contribution in [0.4, 0.5) is 0 Å². The highest BCUT2D eigenvalue weighted by Crippen LogP contribution is 2.39. The van der Waals surface area contributed by atoms with Gasteiger partial charge in [-0.2, -0.15) is 0 Å². The van der Waals surface area contributed by atoms with Crippen LogP contribution in [-0.4, -0.2) is 15.8 Å². The van der Waals surface area contributed by atoms with Crippen molar-refractivity contribution in [3.8, 4) is 17.2 Å². The molecule has 4 rings (SSSR count). The molecule has 5 heteroatoms. The van der Waals surface area contributed by atoms with Crippen molar-refractivity contribution in [2.75, 3.05) is 0 Å². The Bertz CT molecular complexity index is 1060. The lowest BCUT2D eigenvalue weighted by Gasteiger charge is -2.27. The van der Waals surface area contributed by atoms with E-state index in [9.17, 15) is 15.0 Å². The van der Waals surface area contributed by atoms with Gasteiger partial charge in [0.1, 0.15) is 16.9 Å². The summed E-state index contributed by atoms with van der Waals surface area (Å²) in [5.74, 6) is -0.176. The molecule has 0 saturated heterocycles. The van der Waals surface area contributed by atoms with Crippen LogP contribution < -0.4 is 10.2 Å². The average molecular weight is 310 g/mol. The van der Waals surface area contributed by atoms with Gasteiger partial charge in [-0.05, 0) is 50.3 Å². The van der Waals surface area contributed by atoms with Crippen molar-refractivity contribution in [2.24, 2.45) is 0 Å². The number of benzene rings is 2. The van der Waals surface area contributed by atoms with Crippen LogP contribution in [0.25, 0.3) is 28.0 Å². The van der Waals surface area contributed by atoms with Gasteiger partial charge in [0.25, 0.3) is 0 Å². The first-order valence-electron chi connectivity index (χ1n) is 7.20. The third-order valence-electron chi connectivity index (χ3n) is 3.98. The molecule has 0 fully saturated rings. The minimum Gasteiger partial charge on any atom is -0.504 e. The first-order chi connectivity index (χ1) is 10.9. The molecule has 1 aromatic heterocycles. The van der Waals surface area contributed by atoms with Crippen molar-refractivity contribution in [3.63, 3.8) is 0 Å². The molecule has 116 valence electrons. The minimum atomic E-state index is -0.446. The largest absolute Gasteiger partial charge is 0.504 e. The zero-order valence-corrected chi connectivity index (χ0v) is 12.6. The fraction of sp³-hybridized carbons (Fsp3) is 0.167. The summed E-state index contributed by atoms with van der Waals surface area (Å²) < 4.78 is 11.6. The Labute approximate surface area is 131 Å². The van der Waals surface area contributed by atoms with Gasteiger partial charge in [-0.25, -0.2) is 0 Å². The zero-order valence-electron chi connectivity index (χ0n) is 12.6. The van der Waals surface area contributed by atoms with Gasteiger partial charge in [0, 0.05) is 0 Å². The van der Waals surface area contributed by atoms with Gasteiger partial charge in [0.2, 0.25) is 11.2 Å². The fourth-order valence-electron chi connectivity index (χ4n) is 2.81. The summed E-state index contributed by atoms with van der Waals surface area (Å²) in [6.45, 7) is 3.86. The van der Waals surface area contributed by atoms with E-state index in [0.29, 0.717) is 22.3 Å². The number of hydrogen-bond acceptors (Lipinski definition) is 5. The smallest absolute Gasteiger partial charge is 0.201 e. The molecule has 0 atom stereocenters. The summed E-state index contributed by atoms with van der Waals surface area (Å²) >= 11 is 0. The number of phenolic OH excluding ortho intramolecular Hbond substituents is 2. The predicted molar refractivity (Wildman–Crippen MR) is 87.1 cm³/mol. The van der Waals surface area contributed by atoms with Crippen LogP contribution in [-0.2, 0) is 0 Å². The summed E-state index contributed by atoms with van der Waals surface area (Å²) in [6, 6.07) is 6.10. The third-order valence-corrected chi connectivity index (χ3v) is 3.98. The molecule has 2 heterocycles. The maximum absolute atomic E-state index is 12.6. The van der Waals surface area contributed by atoms with Crippen LogP contribution >= 0.6 is 0 Å². The van der Waals surface area contributed by atoms with Gasteiger partial charge in [0.05, 0.1) is 16.3 Å². The van der Waals surface area contributed by atoms with Gasteiger partial charge in [-0.3, -0.25) is 4.79 Å². The van der Waals surface area contributed by atoms with E-state index < -0.39 is 11.4 Å². The standard InChI is InChI=1S/C18H14O5/c1-18(2)8-7-9-13(23-18)6-4-10-14(20)11-3-5-12(19)15(21)17(11)22-16(9)10/h3-8,19,21H,1-2H3. The molecule has 2 N–H and O–H groups in total. The molecule has 3 aromatic rings. The summed E-state index contributed by atoms with van der Waals surface area (Å²) in [6.07, 6.45) is 3.72. The van der Waals surface area contributed by atoms with Crippen molar-refractivity contribution in [1.29, 1.82) is 0 Å². The molecule has 0 radical (unpaired) electrons. The van der Waals surface area contributed by atoms with Crippen molar-refractivity contribution in [1.82, 2.24) is 0 Å². The Morgan fingerprint density at radius 3 is 2.48 bits per heavy atom. The quantitative estimate of drug-likeness (QED) is 0.490. The molecular formula is C18H14O5. The monoisotopic (exact) mass is 310 g/mol. The van der Waals surface area contributed by atoms with Crippen molar-refractivity contribution >= 4 is 28.0 Å². The zero-order chi connectivity index (χ0) is 16.4. The van der Waals surface area contributed by atoms with E-state index in [1.54, 1.807) is 12.1 Å². The third kappa shape index (κ3) is 1.90. The molecule has 0 aliphatic carbocycles. The number of ether oxygens (including phenoxy) is 1. The van der Waals surface area contributed by atoms with Gasteiger partial charge in [0.15, 0.2) is 11.3 Å². The van der Waals surface area contributed by atoms with Crippen LogP contribution in [0, 0.1) is 0 Å². The lowest BCUT2D eigenvalue weighted by Crippen LogP contribution is -2.27. The Morgan fingerprint density at radius 2 is 1.70 bits per heavy atom. The van der Waals surface area contributed by atoms with Gasteiger partial charge >= 0.3 is 0 Å². The van der Waals surface area contributed by atoms with Crippen molar-refractivity contribution in [3.05, 3.63) is 46.1 Å². The number of rotatable bonds is 0. The molecule has 0 amide bonds. The molecule has 1 aliphatic heterocycles. The van der Waals surface area contributed by atoms with Crippen LogP contribution in [0.2, 0.25) is 0 Å².